The number of rotatable bonds is 4. The monoisotopic (exact) mass is 362 g/mol. The molecule has 1 aliphatic rings. The molecule has 2 heterocycles. The minimum absolute atomic E-state index is 0.00717. The van der Waals surface area contributed by atoms with Crippen LogP contribution in [0.1, 0.15) is 12.8 Å². The molecule has 1 aromatic heterocycles. The zero-order chi connectivity index (χ0) is 14.8. The number of carbonyl (C=O) groups is 1. The summed E-state index contributed by atoms with van der Waals surface area (Å²) in [7, 11) is -2.24. The van der Waals surface area contributed by atoms with E-state index in [-0.39, 0.29) is 16.6 Å². The Hall–Kier alpha value is -1.19. The van der Waals surface area contributed by atoms with Gasteiger partial charge in [-0.2, -0.15) is 4.72 Å². The van der Waals surface area contributed by atoms with Gasteiger partial charge in [-0.25, -0.2) is 13.4 Å². The van der Waals surface area contributed by atoms with Crippen molar-refractivity contribution in [1.82, 2.24) is 15.0 Å². The Kier molecular flexibility index (Phi) is 4.61. The van der Waals surface area contributed by atoms with E-state index in [1.165, 1.54) is 12.3 Å². The molecule has 9 heteroatoms. The first kappa shape index (κ1) is 15.2. The lowest BCUT2D eigenvalue weighted by Crippen LogP contribution is -2.50. The number of nitrogens with one attached hydrogen (secondary N) is 3. The van der Waals surface area contributed by atoms with Crippen LogP contribution in [-0.4, -0.2) is 38.9 Å². The zero-order valence-electron chi connectivity index (χ0n) is 10.8. The fraction of sp³-hybridized carbons (Fsp3) is 0.455. The summed E-state index contributed by atoms with van der Waals surface area (Å²) in [6, 6.07) is 0.708. The molecular formula is C11H15BrN4O3S. The van der Waals surface area contributed by atoms with Crippen molar-refractivity contribution in [3.05, 3.63) is 16.7 Å². The summed E-state index contributed by atoms with van der Waals surface area (Å²) < 4.78 is 27.7. The normalized spacial score (nSPS) is 19.5. The van der Waals surface area contributed by atoms with E-state index in [2.05, 4.69) is 36.3 Å². The summed E-state index contributed by atoms with van der Waals surface area (Å²) in [6.45, 7) is 0.581. The van der Waals surface area contributed by atoms with Gasteiger partial charge in [0.2, 0.25) is 15.9 Å². The first-order chi connectivity index (χ1) is 9.44. The first-order valence-corrected chi connectivity index (χ1v) is 8.35. The molecule has 3 N–H and O–H groups in total. The zero-order valence-corrected chi connectivity index (χ0v) is 13.2. The fourth-order valence-corrected chi connectivity index (χ4v) is 3.85. The highest BCUT2D eigenvalue weighted by atomic mass is 79.9. The van der Waals surface area contributed by atoms with Gasteiger partial charge in [-0.1, -0.05) is 0 Å². The van der Waals surface area contributed by atoms with E-state index in [1.807, 2.05) is 0 Å². The fourth-order valence-electron chi connectivity index (χ4n) is 1.95. The summed E-state index contributed by atoms with van der Waals surface area (Å²) >= 11 is 3.19. The molecule has 7 nitrogen and oxygen atoms in total. The predicted molar refractivity (Wildman–Crippen MR) is 77.8 cm³/mol. The molecule has 1 saturated heterocycles. The number of sulfonamides is 1. The van der Waals surface area contributed by atoms with Crippen LogP contribution in [0.5, 0.6) is 0 Å². The Balaban J connectivity index is 2.30. The van der Waals surface area contributed by atoms with Gasteiger partial charge in [0.15, 0.2) is 0 Å². The molecule has 1 amide bonds. The van der Waals surface area contributed by atoms with Crippen LogP contribution in [0.25, 0.3) is 0 Å². The van der Waals surface area contributed by atoms with Crippen LogP contribution in [0.3, 0.4) is 0 Å². The average molecular weight is 363 g/mol. The van der Waals surface area contributed by atoms with Crippen LogP contribution in [0.4, 0.5) is 5.82 Å². The maximum Gasteiger partial charge on any atom is 0.245 e. The molecule has 2 rings (SSSR count). The molecule has 0 bridgehead atoms. The van der Waals surface area contributed by atoms with Crippen molar-refractivity contribution in [3.8, 4) is 0 Å². The number of piperidine rings is 1. The van der Waals surface area contributed by atoms with E-state index in [4.69, 9.17) is 0 Å². The number of pyridine rings is 1. The SMILES string of the molecule is CNc1ncc(Br)cc1S(=O)(=O)NC1CCCNC1=O. The van der Waals surface area contributed by atoms with Crippen molar-refractivity contribution in [1.29, 1.82) is 0 Å². The molecule has 20 heavy (non-hydrogen) atoms. The molecule has 1 aliphatic heterocycles. The number of halogens is 1. The van der Waals surface area contributed by atoms with E-state index in [1.54, 1.807) is 7.05 Å². The molecule has 1 aromatic rings. The van der Waals surface area contributed by atoms with Crippen LogP contribution >= 0.6 is 15.9 Å². The van der Waals surface area contributed by atoms with Crippen molar-refractivity contribution >= 4 is 37.7 Å². The Morgan fingerprint density at radius 2 is 2.25 bits per heavy atom. The number of anilines is 1. The smallest absolute Gasteiger partial charge is 0.245 e. The number of nitrogens with zero attached hydrogens (tertiary/aromatic N) is 1. The predicted octanol–water partition coefficient (Wildman–Crippen LogP) is 0.443. The van der Waals surface area contributed by atoms with Crippen molar-refractivity contribution < 1.29 is 13.2 Å². The Morgan fingerprint density at radius 3 is 2.90 bits per heavy atom. The first-order valence-electron chi connectivity index (χ1n) is 6.07. The van der Waals surface area contributed by atoms with Gasteiger partial charge in [0.05, 0.1) is 0 Å². The van der Waals surface area contributed by atoms with E-state index in [9.17, 15) is 13.2 Å². The number of carbonyl (C=O) groups excluding carboxylic acids is 1. The highest BCUT2D eigenvalue weighted by Crippen LogP contribution is 2.23. The molecule has 0 saturated carbocycles. The Morgan fingerprint density at radius 1 is 1.50 bits per heavy atom. The quantitative estimate of drug-likeness (QED) is 0.721. The molecule has 0 aliphatic carbocycles. The maximum absolute atomic E-state index is 12.4. The Bertz CT molecular complexity index is 620. The van der Waals surface area contributed by atoms with Gasteiger partial charge in [-0.15, -0.1) is 0 Å². The van der Waals surface area contributed by atoms with E-state index < -0.39 is 16.1 Å². The van der Waals surface area contributed by atoms with E-state index in [0.717, 1.165) is 6.42 Å². The Labute approximate surface area is 125 Å². The number of hydrogen-bond donors (Lipinski definition) is 3. The van der Waals surface area contributed by atoms with Gasteiger partial charge in [-0.05, 0) is 34.8 Å². The second kappa shape index (κ2) is 6.06. The van der Waals surface area contributed by atoms with E-state index >= 15 is 0 Å². The standard InChI is InChI=1S/C11H15BrN4O3S/c1-13-10-9(5-7(12)6-15-10)20(18,19)16-8-3-2-4-14-11(8)17/h5-6,8,16H,2-4H2,1H3,(H,13,15)(H,14,17). The molecule has 0 spiro atoms. The van der Waals surface area contributed by atoms with Crippen LogP contribution < -0.4 is 15.4 Å². The third-order valence-electron chi connectivity index (χ3n) is 2.93. The third-order valence-corrected chi connectivity index (χ3v) is 4.85. The molecule has 1 atom stereocenters. The summed E-state index contributed by atoms with van der Waals surface area (Å²) in [5.74, 6) is -0.0642. The van der Waals surface area contributed by atoms with Crippen molar-refractivity contribution in [2.24, 2.45) is 0 Å². The van der Waals surface area contributed by atoms with Crippen LogP contribution in [0, 0.1) is 0 Å². The summed E-state index contributed by atoms with van der Waals surface area (Å²) in [6.07, 6.45) is 2.73. The lowest BCUT2D eigenvalue weighted by Gasteiger charge is -2.23. The largest absolute Gasteiger partial charge is 0.372 e. The summed E-state index contributed by atoms with van der Waals surface area (Å²) in [4.78, 5) is 15.7. The molecule has 0 aromatic carbocycles. The number of hydrogen-bond acceptors (Lipinski definition) is 5. The van der Waals surface area contributed by atoms with Crippen LogP contribution in [0.15, 0.2) is 21.6 Å². The van der Waals surface area contributed by atoms with Crippen molar-refractivity contribution in [2.45, 2.75) is 23.8 Å². The second-order valence-electron chi connectivity index (χ2n) is 4.36. The highest BCUT2D eigenvalue weighted by molar-refractivity contribution is 9.10. The number of amides is 1. The molecule has 0 radical (unpaired) electrons. The molecule has 1 fully saturated rings. The lowest BCUT2D eigenvalue weighted by molar-refractivity contribution is -0.124. The minimum Gasteiger partial charge on any atom is -0.372 e. The maximum atomic E-state index is 12.4. The van der Waals surface area contributed by atoms with Gasteiger partial charge in [0.25, 0.3) is 0 Å². The average Bonchev–Trinajstić information content (AvgIpc) is 2.41. The van der Waals surface area contributed by atoms with Crippen molar-refractivity contribution in [3.63, 3.8) is 0 Å². The highest BCUT2D eigenvalue weighted by Gasteiger charge is 2.29. The van der Waals surface area contributed by atoms with Gasteiger partial charge in [0.1, 0.15) is 16.8 Å². The van der Waals surface area contributed by atoms with E-state index in [0.29, 0.717) is 17.4 Å². The van der Waals surface area contributed by atoms with Crippen molar-refractivity contribution in [2.75, 3.05) is 18.9 Å². The number of aromatic nitrogens is 1. The lowest BCUT2D eigenvalue weighted by atomic mass is 10.1. The molecule has 1 unspecified atom stereocenters. The topological polar surface area (TPSA) is 100 Å². The molecular weight excluding hydrogens is 348 g/mol. The van der Waals surface area contributed by atoms with Crippen LogP contribution in [-0.2, 0) is 14.8 Å². The van der Waals surface area contributed by atoms with Gasteiger partial charge < -0.3 is 10.6 Å². The second-order valence-corrected chi connectivity index (χ2v) is 6.96. The molecule has 110 valence electrons. The summed E-state index contributed by atoms with van der Waals surface area (Å²) in [5.41, 5.74) is 0. The van der Waals surface area contributed by atoms with Gasteiger partial charge >= 0.3 is 0 Å². The summed E-state index contributed by atoms with van der Waals surface area (Å²) in [5, 5.41) is 5.37. The van der Waals surface area contributed by atoms with Gasteiger partial charge in [-0.3, -0.25) is 4.79 Å². The van der Waals surface area contributed by atoms with Crippen LogP contribution in [0.2, 0.25) is 0 Å². The minimum atomic E-state index is -3.82. The van der Waals surface area contributed by atoms with Gasteiger partial charge in [0, 0.05) is 24.3 Å². The third kappa shape index (κ3) is 3.28.